The van der Waals surface area contributed by atoms with E-state index in [2.05, 4.69) is 24.9 Å². The molecule has 0 N–H and O–H groups in total. The third kappa shape index (κ3) is 2.82. The molecule has 5 unspecified atom stereocenters. The topological polar surface area (TPSA) is 36.7 Å². The third-order valence-electron chi connectivity index (χ3n) is 3.80. The zero-order valence-corrected chi connectivity index (χ0v) is 12.8. The van der Waals surface area contributed by atoms with E-state index in [-0.39, 0.29) is 17.2 Å². The fourth-order valence-electron chi connectivity index (χ4n) is 3.07. The monoisotopic (exact) mass is 302 g/mol. The molecule has 0 bridgehead atoms. The van der Waals surface area contributed by atoms with Gasteiger partial charge in [0.1, 0.15) is 0 Å². The SMILES string of the molecule is CC1CC(C)C(C(C#N)c2cnc(Cl)s2)C(Cl)C1. The van der Waals surface area contributed by atoms with Crippen molar-refractivity contribution in [1.29, 1.82) is 5.26 Å². The molecule has 98 valence electrons. The molecule has 0 amide bonds. The number of alkyl halides is 1. The van der Waals surface area contributed by atoms with Crippen molar-refractivity contribution in [3.8, 4) is 6.07 Å². The number of halogens is 2. The third-order valence-corrected chi connectivity index (χ3v) is 5.47. The first-order chi connectivity index (χ1) is 8.52. The molecule has 18 heavy (non-hydrogen) atoms. The Morgan fingerprint density at radius 3 is 2.72 bits per heavy atom. The number of hydrogen-bond acceptors (Lipinski definition) is 3. The highest BCUT2D eigenvalue weighted by molar-refractivity contribution is 7.15. The van der Waals surface area contributed by atoms with Crippen LogP contribution in [0.1, 0.15) is 37.5 Å². The van der Waals surface area contributed by atoms with E-state index in [9.17, 15) is 5.26 Å². The van der Waals surface area contributed by atoms with E-state index >= 15 is 0 Å². The number of nitriles is 1. The van der Waals surface area contributed by atoms with Gasteiger partial charge in [-0.25, -0.2) is 4.98 Å². The van der Waals surface area contributed by atoms with Crippen molar-refractivity contribution in [2.75, 3.05) is 0 Å². The van der Waals surface area contributed by atoms with Gasteiger partial charge < -0.3 is 0 Å². The lowest BCUT2D eigenvalue weighted by molar-refractivity contribution is 0.198. The van der Waals surface area contributed by atoms with Crippen molar-refractivity contribution in [3.05, 3.63) is 15.5 Å². The molecular formula is C13H16Cl2N2S. The summed E-state index contributed by atoms with van der Waals surface area (Å²) >= 11 is 13.8. The van der Waals surface area contributed by atoms with Gasteiger partial charge in [0.2, 0.25) is 0 Å². The predicted molar refractivity (Wildman–Crippen MR) is 76.2 cm³/mol. The van der Waals surface area contributed by atoms with Crippen molar-refractivity contribution in [3.63, 3.8) is 0 Å². The molecule has 1 saturated carbocycles. The minimum Gasteiger partial charge on any atom is -0.233 e. The zero-order valence-electron chi connectivity index (χ0n) is 10.4. The normalized spacial score (nSPS) is 33.9. The Kier molecular flexibility index (Phi) is 4.53. The zero-order chi connectivity index (χ0) is 13.3. The highest BCUT2D eigenvalue weighted by Gasteiger charge is 2.39. The van der Waals surface area contributed by atoms with Crippen LogP contribution in [0.3, 0.4) is 0 Å². The number of aromatic nitrogens is 1. The predicted octanol–water partition coefficient (Wildman–Crippen LogP) is 4.69. The molecule has 0 saturated heterocycles. The molecule has 1 fully saturated rings. The highest BCUT2D eigenvalue weighted by atomic mass is 35.5. The summed E-state index contributed by atoms with van der Waals surface area (Å²) in [6.07, 6.45) is 3.84. The minimum atomic E-state index is -0.181. The molecule has 5 atom stereocenters. The Morgan fingerprint density at radius 1 is 1.50 bits per heavy atom. The molecule has 0 aromatic carbocycles. The van der Waals surface area contributed by atoms with Crippen molar-refractivity contribution in [2.24, 2.45) is 17.8 Å². The number of rotatable bonds is 2. The van der Waals surface area contributed by atoms with Crippen molar-refractivity contribution < 1.29 is 0 Å². The Labute approximate surface area is 122 Å². The van der Waals surface area contributed by atoms with Gasteiger partial charge in [-0.2, -0.15) is 5.26 Å². The van der Waals surface area contributed by atoms with Crippen LogP contribution in [0.25, 0.3) is 0 Å². The number of nitrogens with zero attached hydrogens (tertiary/aromatic N) is 2. The first-order valence-corrected chi connectivity index (χ1v) is 7.81. The summed E-state index contributed by atoms with van der Waals surface area (Å²) in [5, 5.41) is 9.53. The second kappa shape index (κ2) is 5.77. The summed E-state index contributed by atoms with van der Waals surface area (Å²) < 4.78 is 0.494. The molecule has 1 aliphatic rings. The molecule has 0 radical (unpaired) electrons. The van der Waals surface area contributed by atoms with Crippen LogP contribution < -0.4 is 0 Å². The smallest absolute Gasteiger partial charge is 0.183 e. The summed E-state index contributed by atoms with van der Waals surface area (Å²) in [5.74, 6) is 1.12. The van der Waals surface area contributed by atoms with Crippen LogP contribution in [-0.2, 0) is 0 Å². The Morgan fingerprint density at radius 2 is 2.22 bits per heavy atom. The second-order valence-electron chi connectivity index (χ2n) is 5.27. The minimum absolute atomic E-state index is 0.0641. The van der Waals surface area contributed by atoms with E-state index in [1.807, 2.05) is 0 Å². The maximum absolute atomic E-state index is 9.47. The summed E-state index contributed by atoms with van der Waals surface area (Å²) in [6, 6.07) is 2.40. The van der Waals surface area contributed by atoms with Crippen LogP contribution in [-0.4, -0.2) is 10.4 Å². The van der Waals surface area contributed by atoms with Gasteiger partial charge in [0.05, 0.1) is 12.0 Å². The first-order valence-electron chi connectivity index (χ1n) is 6.17. The molecule has 2 rings (SSSR count). The largest absolute Gasteiger partial charge is 0.233 e. The van der Waals surface area contributed by atoms with Crippen molar-refractivity contribution >= 4 is 34.5 Å². The van der Waals surface area contributed by atoms with Gasteiger partial charge in [0, 0.05) is 16.5 Å². The molecule has 1 aromatic rings. The van der Waals surface area contributed by atoms with Crippen LogP contribution >= 0.6 is 34.5 Å². The van der Waals surface area contributed by atoms with Gasteiger partial charge in [-0.15, -0.1) is 22.9 Å². The van der Waals surface area contributed by atoms with Gasteiger partial charge in [0.25, 0.3) is 0 Å². The van der Waals surface area contributed by atoms with Gasteiger partial charge in [0.15, 0.2) is 4.47 Å². The van der Waals surface area contributed by atoms with Crippen molar-refractivity contribution in [2.45, 2.75) is 38.0 Å². The lowest BCUT2D eigenvalue weighted by Gasteiger charge is -2.38. The molecule has 2 nitrogen and oxygen atoms in total. The number of thiazole rings is 1. The molecule has 0 spiro atoms. The van der Waals surface area contributed by atoms with Gasteiger partial charge in [-0.05, 0) is 30.6 Å². The van der Waals surface area contributed by atoms with Crippen LogP contribution in [0.15, 0.2) is 6.20 Å². The summed E-state index contributed by atoms with van der Waals surface area (Å²) in [4.78, 5) is 4.98. The van der Waals surface area contributed by atoms with Gasteiger partial charge in [-0.3, -0.25) is 0 Å². The van der Waals surface area contributed by atoms with Crippen LogP contribution in [0.4, 0.5) is 0 Å². The van der Waals surface area contributed by atoms with Crippen LogP contribution in [0.2, 0.25) is 4.47 Å². The van der Waals surface area contributed by atoms with E-state index in [4.69, 9.17) is 23.2 Å². The van der Waals surface area contributed by atoms with E-state index in [0.717, 1.165) is 17.7 Å². The van der Waals surface area contributed by atoms with Crippen LogP contribution in [0, 0.1) is 29.1 Å². The molecule has 0 aliphatic heterocycles. The Hall–Kier alpha value is -0.300. The molecule has 1 aliphatic carbocycles. The maximum Gasteiger partial charge on any atom is 0.183 e. The van der Waals surface area contributed by atoms with Gasteiger partial charge >= 0.3 is 0 Å². The summed E-state index contributed by atoms with van der Waals surface area (Å²) in [5.41, 5.74) is 0. The lowest BCUT2D eigenvalue weighted by Crippen LogP contribution is -2.34. The lowest BCUT2D eigenvalue weighted by atomic mass is 9.70. The first kappa shape index (κ1) is 14.1. The van der Waals surface area contributed by atoms with E-state index in [1.54, 1.807) is 6.20 Å². The second-order valence-corrected chi connectivity index (χ2v) is 7.47. The van der Waals surface area contributed by atoms with E-state index < -0.39 is 0 Å². The van der Waals surface area contributed by atoms with E-state index in [0.29, 0.717) is 16.3 Å². The Bertz CT molecular complexity index is 442. The summed E-state index contributed by atoms with van der Waals surface area (Å²) in [7, 11) is 0. The maximum atomic E-state index is 9.47. The molecule has 5 heteroatoms. The molecule has 1 heterocycles. The fraction of sp³-hybridized carbons (Fsp3) is 0.692. The van der Waals surface area contributed by atoms with Crippen LogP contribution in [0.5, 0.6) is 0 Å². The molecule has 1 aromatic heterocycles. The highest BCUT2D eigenvalue weighted by Crippen LogP contribution is 2.45. The average molecular weight is 303 g/mol. The number of hydrogen-bond donors (Lipinski definition) is 0. The standard InChI is InChI=1S/C13H16Cl2N2S/c1-7-3-8(2)12(10(14)4-7)9(5-16)11-6-17-13(15)18-11/h6-10,12H,3-4H2,1-2H3. The fourth-order valence-corrected chi connectivity index (χ4v) is 4.83. The average Bonchev–Trinajstić information content (AvgIpc) is 2.69. The Balaban J connectivity index is 2.25. The van der Waals surface area contributed by atoms with Crippen molar-refractivity contribution in [1.82, 2.24) is 4.98 Å². The quantitative estimate of drug-likeness (QED) is 0.743. The summed E-state index contributed by atoms with van der Waals surface area (Å²) in [6.45, 7) is 4.43. The van der Waals surface area contributed by atoms with E-state index in [1.165, 1.54) is 11.3 Å². The van der Waals surface area contributed by atoms with Gasteiger partial charge in [-0.1, -0.05) is 25.4 Å². The molecular weight excluding hydrogens is 287 g/mol.